The van der Waals surface area contributed by atoms with Crippen molar-refractivity contribution in [2.45, 2.75) is 31.6 Å². The molecule has 0 radical (unpaired) electrons. The van der Waals surface area contributed by atoms with Crippen LogP contribution in [0.2, 0.25) is 0 Å². The maximum absolute atomic E-state index is 12.3. The number of aryl methyl sites for hydroxylation is 1. The van der Waals surface area contributed by atoms with Crippen molar-refractivity contribution in [3.05, 3.63) is 11.9 Å². The average molecular weight is 241 g/mol. The summed E-state index contributed by atoms with van der Waals surface area (Å²) >= 11 is 0. The Labute approximate surface area is 87.3 Å². The first kappa shape index (κ1) is 11.2. The minimum atomic E-state index is -4.55. The monoisotopic (exact) mass is 241 g/mol. The van der Waals surface area contributed by atoms with Crippen molar-refractivity contribution < 1.29 is 22.0 Å². The highest BCUT2D eigenvalue weighted by Crippen LogP contribution is 2.31. The molecule has 1 aliphatic heterocycles. The molecule has 0 bridgehead atoms. The highest BCUT2D eigenvalue weighted by molar-refractivity contribution is 5.33. The summed E-state index contributed by atoms with van der Waals surface area (Å²) in [7, 11) is 0. The molecule has 0 saturated heterocycles. The minimum Gasteiger partial charge on any atom is -0.347 e. The van der Waals surface area contributed by atoms with E-state index >= 15 is 0 Å². The van der Waals surface area contributed by atoms with E-state index in [-0.39, 0.29) is 18.9 Å². The summed E-state index contributed by atoms with van der Waals surface area (Å²) in [5.41, 5.74) is -1.06. The molecule has 2 heterocycles. The third kappa shape index (κ3) is 1.96. The lowest BCUT2D eigenvalue weighted by Crippen LogP contribution is -2.34. The van der Waals surface area contributed by atoms with Crippen molar-refractivity contribution >= 4 is 5.95 Å². The highest BCUT2D eigenvalue weighted by Gasteiger charge is 2.36. The van der Waals surface area contributed by atoms with E-state index in [4.69, 9.17) is 0 Å². The Morgan fingerprint density at radius 1 is 1.44 bits per heavy atom. The first-order chi connectivity index (χ1) is 7.38. The molecule has 0 amide bonds. The molecular formula is C8H8F5N3. The van der Waals surface area contributed by atoms with Gasteiger partial charge in [0.25, 0.3) is 6.43 Å². The Hall–Kier alpha value is -1.34. The Kier molecular flexibility index (Phi) is 2.51. The van der Waals surface area contributed by atoms with E-state index in [1.54, 1.807) is 0 Å². The van der Waals surface area contributed by atoms with Crippen LogP contribution in [0.15, 0.2) is 6.20 Å². The number of nitrogens with zero attached hydrogens (tertiary/aromatic N) is 2. The lowest BCUT2D eigenvalue weighted by atomic mass is 10.2. The minimum absolute atomic E-state index is 0.0817. The van der Waals surface area contributed by atoms with Crippen molar-refractivity contribution in [2.75, 3.05) is 5.32 Å². The molecule has 16 heavy (non-hydrogen) atoms. The van der Waals surface area contributed by atoms with E-state index in [9.17, 15) is 22.0 Å². The fraction of sp³-hybridized carbons (Fsp3) is 0.625. The molecule has 90 valence electrons. The summed E-state index contributed by atoms with van der Waals surface area (Å²) < 4.78 is 62.7. The number of alkyl halides is 5. The van der Waals surface area contributed by atoms with Crippen LogP contribution in [-0.4, -0.2) is 22.0 Å². The Balaban J connectivity index is 2.23. The van der Waals surface area contributed by atoms with Gasteiger partial charge < -0.3 is 9.88 Å². The number of halogens is 5. The molecule has 8 heteroatoms. The number of nitrogens with one attached hydrogen (secondary N) is 1. The number of fused-ring (bicyclic) bond motifs is 1. The fourth-order valence-electron chi connectivity index (χ4n) is 1.54. The third-order valence-corrected chi connectivity index (χ3v) is 2.37. The summed E-state index contributed by atoms with van der Waals surface area (Å²) in [6.07, 6.45) is -6.26. The van der Waals surface area contributed by atoms with Gasteiger partial charge in [0.15, 0.2) is 5.69 Å². The van der Waals surface area contributed by atoms with Crippen LogP contribution >= 0.6 is 0 Å². The summed E-state index contributed by atoms with van der Waals surface area (Å²) in [5, 5.41) is 2.29. The normalized spacial score (nSPS) is 20.8. The van der Waals surface area contributed by atoms with Crippen LogP contribution in [0.4, 0.5) is 27.9 Å². The smallest absolute Gasteiger partial charge is 0.347 e. The molecule has 1 atom stereocenters. The fourth-order valence-corrected chi connectivity index (χ4v) is 1.54. The van der Waals surface area contributed by atoms with Gasteiger partial charge in [0.1, 0.15) is 0 Å². The van der Waals surface area contributed by atoms with Gasteiger partial charge in [0.05, 0.1) is 6.04 Å². The lowest BCUT2D eigenvalue weighted by molar-refractivity contribution is -0.140. The Bertz CT molecular complexity index is 384. The molecule has 1 N–H and O–H groups in total. The third-order valence-electron chi connectivity index (χ3n) is 2.37. The van der Waals surface area contributed by atoms with Gasteiger partial charge >= 0.3 is 6.18 Å². The van der Waals surface area contributed by atoms with Crippen molar-refractivity contribution in [1.82, 2.24) is 9.55 Å². The molecule has 1 unspecified atom stereocenters. The van der Waals surface area contributed by atoms with Gasteiger partial charge in [-0.05, 0) is 6.42 Å². The van der Waals surface area contributed by atoms with E-state index < -0.39 is 24.3 Å². The van der Waals surface area contributed by atoms with Crippen LogP contribution in [0.5, 0.6) is 0 Å². The molecule has 0 aromatic carbocycles. The maximum atomic E-state index is 12.3. The lowest BCUT2D eigenvalue weighted by Gasteiger charge is -2.24. The highest BCUT2D eigenvalue weighted by atomic mass is 19.4. The van der Waals surface area contributed by atoms with Crippen LogP contribution in [0.25, 0.3) is 0 Å². The second-order valence-electron chi connectivity index (χ2n) is 3.51. The first-order valence-corrected chi connectivity index (χ1v) is 4.57. The van der Waals surface area contributed by atoms with E-state index in [0.29, 0.717) is 0 Å². The van der Waals surface area contributed by atoms with Gasteiger partial charge in [-0.2, -0.15) is 13.2 Å². The van der Waals surface area contributed by atoms with Crippen LogP contribution in [0.1, 0.15) is 12.1 Å². The molecule has 0 aliphatic carbocycles. The Morgan fingerprint density at radius 3 is 2.69 bits per heavy atom. The molecule has 3 nitrogen and oxygen atoms in total. The summed E-state index contributed by atoms with van der Waals surface area (Å²) in [6.45, 7) is 0.112. The van der Waals surface area contributed by atoms with Crippen LogP contribution < -0.4 is 5.32 Å². The van der Waals surface area contributed by atoms with E-state index in [0.717, 1.165) is 6.20 Å². The average Bonchev–Trinajstić information content (AvgIpc) is 2.58. The summed E-state index contributed by atoms with van der Waals surface area (Å²) in [4.78, 5) is 3.25. The Morgan fingerprint density at radius 2 is 2.12 bits per heavy atom. The van der Waals surface area contributed by atoms with E-state index in [1.165, 1.54) is 4.57 Å². The summed E-state index contributed by atoms with van der Waals surface area (Å²) in [6, 6.07) is -1.13. The van der Waals surface area contributed by atoms with Gasteiger partial charge in [-0.3, -0.25) is 0 Å². The molecular weight excluding hydrogens is 233 g/mol. The number of rotatable bonds is 1. The SMILES string of the molecule is FC(F)C1CCn2cc(C(F)(F)F)nc2N1. The van der Waals surface area contributed by atoms with Crippen molar-refractivity contribution in [1.29, 1.82) is 0 Å². The van der Waals surface area contributed by atoms with Crippen molar-refractivity contribution in [3.63, 3.8) is 0 Å². The summed E-state index contributed by atoms with van der Waals surface area (Å²) in [5.74, 6) is -0.149. The molecule has 1 aromatic heterocycles. The number of aromatic nitrogens is 2. The standard InChI is InChI=1S/C8H8F5N3/c9-6(10)4-1-2-16-3-5(8(11,12)13)15-7(16)14-4/h3-4,6H,1-2H2,(H,14,15). The van der Waals surface area contributed by atoms with Crippen molar-refractivity contribution in [3.8, 4) is 0 Å². The predicted octanol–water partition coefficient (Wildman–Crippen LogP) is 2.35. The molecule has 0 saturated carbocycles. The molecule has 0 fully saturated rings. The van der Waals surface area contributed by atoms with Crippen molar-refractivity contribution in [2.24, 2.45) is 0 Å². The maximum Gasteiger partial charge on any atom is 0.434 e. The van der Waals surface area contributed by atoms with Gasteiger partial charge in [-0.15, -0.1) is 0 Å². The number of hydrogen-bond acceptors (Lipinski definition) is 2. The largest absolute Gasteiger partial charge is 0.434 e. The zero-order valence-corrected chi connectivity index (χ0v) is 7.93. The van der Waals surface area contributed by atoms with Gasteiger partial charge in [-0.1, -0.05) is 0 Å². The number of anilines is 1. The first-order valence-electron chi connectivity index (χ1n) is 4.57. The predicted molar refractivity (Wildman–Crippen MR) is 45.3 cm³/mol. The molecule has 2 rings (SSSR count). The molecule has 1 aliphatic rings. The number of hydrogen-bond donors (Lipinski definition) is 1. The van der Waals surface area contributed by atoms with E-state index in [2.05, 4.69) is 10.3 Å². The topological polar surface area (TPSA) is 29.9 Å². The second kappa shape index (κ2) is 3.60. The van der Waals surface area contributed by atoms with E-state index in [1.807, 2.05) is 0 Å². The van der Waals surface area contributed by atoms with Gasteiger partial charge in [-0.25, -0.2) is 13.8 Å². The van der Waals surface area contributed by atoms with Crippen LogP contribution in [0.3, 0.4) is 0 Å². The molecule has 0 spiro atoms. The second-order valence-corrected chi connectivity index (χ2v) is 3.51. The van der Waals surface area contributed by atoms with Crippen LogP contribution in [0, 0.1) is 0 Å². The number of imidazole rings is 1. The quantitative estimate of drug-likeness (QED) is 0.765. The zero-order chi connectivity index (χ0) is 11.9. The van der Waals surface area contributed by atoms with Gasteiger partial charge in [0.2, 0.25) is 5.95 Å². The molecule has 1 aromatic rings. The van der Waals surface area contributed by atoms with Crippen LogP contribution in [-0.2, 0) is 12.7 Å². The zero-order valence-electron chi connectivity index (χ0n) is 7.93. The van der Waals surface area contributed by atoms with Gasteiger partial charge in [0, 0.05) is 12.7 Å².